The summed E-state index contributed by atoms with van der Waals surface area (Å²) < 4.78 is 11.1. The molecule has 26 heavy (non-hydrogen) atoms. The van der Waals surface area contributed by atoms with E-state index in [-0.39, 0.29) is 12.4 Å². The number of nitrogens with zero attached hydrogens (tertiary/aromatic N) is 3. The monoisotopic (exact) mass is 377 g/mol. The maximum Gasteiger partial charge on any atom is 0.315 e. The zero-order chi connectivity index (χ0) is 16.9. The van der Waals surface area contributed by atoms with Crippen molar-refractivity contribution in [3.63, 3.8) is 0 Å². The molecule has 140 valence electrons. The summed E-state index contributed by atoms with van der Waals surface area (Å²) in [5, 5.41) is 12.6. The fourth-order valence-electron chi connectivity index (χ4n) is 3.15. The number of fused-ring (bicyclic) bond motifs is 1. The number of unbranched alkanes of at least 4 members (excludes halogenated alkanes) is 1. The molecule has 0 aliphatic carbocycles. The molecule has 7 nitrogen and oxygen atoms in total. The first kappa shape index (κ1) is 18.7. The molecular formula is C18H24ClN5O2. The number of aromatic amines is 1. The van der Waals surface area contributed by atoms with Gasteiger partial charge >= 0.3 is 6.01 Å². The van der Waals surface area contributed by atoms with Crippen LogP contribution in [0.1, 0.15) is 12.8 Å². The average Bonchev–Trinajstić information content (AvgIpc) is 3.31. The second-order valence-electron chi connectivity index (χ2n) is 6.25. The highest BCUT2D eigenvalue weighted by Crippen LogP contribution is 2.27. The van der Waals surface area contributed by atoms with E-state index in [0.29, 0.717) is 11.9 Å². The number of halogens is 1. The Hall–Kier alpha value is -2.09. The minimum Gasteiger partial charge on any atom is -0.403 e. The van der Waals surface area contributed by atoms with E-state index in [1.54, 1.807) is 0 Å². The van der Waals surface area contributed by atoms with Crippen molar-refractivity contribution in [2.24, 2.45) is 0 Å². The number of hydrogen-bond donors (Lipinski definition) is 2. The van der Waals surface area contributed by atoms with Crippen molar-refractivity contribution >= 4 is 29.3 Å². The number of H-pyrrole nitrogens is 1. The van der Waals surface area contributed by atoms with Crippen LogP contribution in [0.25, 0.3) is 22.4 Å². The van der Waals surface area contributed by atoms with Gasteiger partial charge in [-0.1, -0.05) is 17.2 Å². The van der Waals surface area contributed by atoms with Gasteiger partial charge in [0.05, 0.1) is 24.3 Å². The molecule has 1 saturated heterocycles. The fraction of sp³-hybridized carbons (Fsp3) is 0.444. The third-order valence-electron chi connectivity index (χ3n) is 4.52. The molecule has 3 heterocycles. The van der Waals surface area contributed by atoms with Crippen LogP contribution in [0.3, 0.4) is 0 Å². The highest BCUT2D eigenvalue weighted by molar-refractivity contribution is 5.91. The molecule has 0 bridgehead atoms. The molecule has 0 saturated carbocycles. The first-order chi connectivity index (χ1) is 12.4. The molecule has 2 aromatic heterocycles. The van der Waals surface area contributed by atoms with Crippen molar-refractivity contribution in [2.75, 3.05) is 44.7 Å². The zero-order valence-corrected chi connectivity index (χ0v) is 15.4. The summed E-state index contributed by atoms with van der Waals surface area (Å²) in [4.78, 5) is 5.67. The SMILES string of the molecule is Cl.c1cc(-c2nnc(NCCCCN3CCOCC3)o2)c2[nH]ccc2c1. The van der Waals surface area contributed by atoms with Crippen molar-refractivity contribution in [1.82, 2.24) is 20.1 Å². The van der Waals surface area contributed by atoms with E-state index < -0.39 is 0 Å². The summed E-state index contributed by atoms with van der Waals surface area (Å²) in [6, 6.07) is 8.54. The lowest BCUT2D eigenvalue weighted by Crippen LogP contribution is -2.36. The number of hydrogen-bond acceptors (Lipinski definition) is 6. The second kappa shape index (κ2) is 9.02. The average molecular weight is 378 g/mol. The van der Waals surface area contributed by atoms with Crippen LogP contribution in [0.2, 0.25) is 0 Å². The minimum atomic E-state index is 0. The number of morpholine rings is 1. The molecule has 0 radical (unpaired) electrons. The quantitative estimate of drug-likeness (QED) is 0.616. The summed E-state index contributed by atoms with van der Waals surface area (Å²) in [5.74, 6) is 0.531. The van der Waals surface area contributed by atoms with Crippen LogP contribution in [-0.2, 0) is 4.74 Å². The van der Waals surface area contributed by atoms with Gasteiger partial charge in [-0.05, 0) is 31.5 Å². The number of anilines is 1. The summed E-state index contributed by atoms with van der Waals surface area (Å²) in [5.41, 5.74) is 1.94. The standard InChI is InChI=1S/C18H23N5O2.ClH/c1(2-9-23-10-12-24-13-11-23)7-20-18-22-21-17(25-18)15-5-3-4-14-6-8-19-16(14)15;/h3-6,8,19H,1-2,7,9-13H2,(H,20,22);1H. The lowest BCUT2D eigenvalue weighted by molar-refractivity contribution is 0.0373. The molecule has 0 spiro atoms. The molecule has 1 aliphatic rings. The molecule has 0 atom stereocenters. The smallest absolute Gasteiger partial charge is 0.315 e. The van der Waals surface area contributed by atoms with Crippen molar-refractivity contribution < 1.29 is 9.15 Å². The van der Waals surface area contributed by atoms with E-state index in [0.717, 1.165) is 68.7 Å². The van der Waals surface area contributed by atoms with Gasteiger partial charge in [0.25, 0.3) is 5.89 Å². The minimum absolute atomic E-state index is 0. The molecule has 0 unspecified atom stereocenters. The second-order valence-corrected chi connectivity index (χ2v) is 6.25. The Morgan fingerprint density at radius 1 is 1.12 bits per heavy atom. The van der Waals surface area contributed by atoms with E-state index in [2.05, 4.69) is 31.5 Å². The van der Waals surface area contributed by atoms with Gasteiger partial charge in [-0.25, -0.2) is 0 Å². The van der Waals surface area contributed by atoms with Gasteiger partial charge in [0, 0.05) is 31.2 Å². The van der Waals surface area contributed by atoms with Crippen LogP contribution >= 0.6 is 12.4 Å². The Morgan fingerprint density at radius 3 is 2.88 bits per heavy atom. The van der Waals surface area contributed by atoms with Gasteiger partial charge in [0.1, 0.15) is 0 Å². The topological polar surface area (TPSA) is 79.2 Å². The first-order valence-corrected chi connectivity index (χ1v) is 8.84. The Labute approximate surface area is 158 Å². The third-order valence-corrected chi connectivity index (χ3v) is 4.52. The number of para-hydroxylation sites is 1. The van der Waals surface area contributed by atoms with E-state index >= 15 is 0 Å². The number of nitrogens with one attached hydrogen (secondary N) is 2. The summed E-state index contributed by atoms with van der Waals surface area (Å²) >= 11 is 0. The Bertz CT molecular complexity index is 813. The zero-order valence-electron chi connectivity index (χ0n) is 14.6. The first-order valence-electron chi connectivity index (χ1n) is 8.84. The van der Waals surface area contributed by atoms with Crippen molar-refractivity contribution in [2.45, 2.75) is 12.8 Å². The number of benzene rings is 1. The Kier molecular flexibility index (Phi) is 6.49. The van der Waals surface area contributed by atoms with Gasteiger partial charge < -0.3 is 19.5 Å². The highest BCUT2D eigenvalue weighted by atomic mass is 35.5. The van der Waals surface area contributed by atoms with Crippen LogP contribution in [-0.4, -0.2) is 59.5 Å². The van der Waals surface area contributed by atoms with Crippen LogP contribution in [0.4, 0.5) is 6.01 Å². The van der Waals surface area contributed by atoms with Crippen molar-refractivity contribution in [1.29, 1.82) is 0 Å². The molecule has 0 amide bonds. The van der Waals surface area contributed by atoms with Gasteiger partial charge in [0.2, 0.25) is 0 Å². The van der Waals surface area contributed by atoms with E-state index in [1.165, 1.54) is 0 Å². The third kappa shape index (κ3) is 4.35. The molecule has 1 fully saturated rings. The predicted octanol–water partition coefficient (Wildman–Crippen LogP) is 3.16. The van der Waals surface area contributed by atoms with Crippen LogP contribution in [0.5, 0.6) is 0 Å². The van der Waals surface area contributed by atoms with Crippen molar-refractivity contribution in [3.8, 4) is 11.5 Å². The number of aromatic nitrogens is 3. The van der Waals surface area contributed by atoms with E-state index in [9.17, 15) is 0 Å². The normalized spacial score (nSPS) is 15.1. The van der Waals surface area contributed by atoms with E-state index in [1.807, 2.05) is 24.4 Å². The molecule has 1 aromatic carbocycles. The van der Waals surface area contributed by atoms with Gasteiger partial charge in [0.15, 0.2) is 0 Å². The van der Waals surface area contributed by atoms with Crippen LogP contribution in [0.15, 0.2) is 34.9 Å². The highest BCUT2D eigenvalue weighted by Gasteiger charge is 2.12. The maximum absolute atomic E-state index is 5.76. The molecular weight excluding hydrogens is 354 g/mol. The molecule has 1 aliphatic heterocycles. The summed E-state index contributed by atoms with van der Waals surface area (Å²) in [6.45, 7) is 5.76. The lowest BCUT2D eigenvalue weighted by atomic mass is 10.1. The van der Waals surface area contributed by atoms with Gasteiger partial charge in [-0.2, -0.15) is 0 Å². The Balaban J connectivity index is 0.00000196. The Morgan fingerprint density at radius 2 is 2.00 bits per heavy atom. The summed E-state index contributed by atoms with van der Waals surface area (Å²) in [6.07, 6.45) is 4.13. The molecule has 2 N–H and O–H groups in total. The molecule has 4 rings (SSSR count). The molecule has 8 heteroatoms. The molecule has 3 aromatic rings. The fourth-order valence-corrected chi connectivity index (χ4v) is 3.15. The van der Waals surface area contributed by atoms with Gasteiger partial charge in [-0.3, -0.25) is 4.90 Å². The van der Waals surface area contributed by atoms with Crippen LogP contribution < -0.4 is 5.32 Å². The largest absolute Gasteiger partial charge is 0.403 e. The van der Waals surface area contributed by atoms with Crippen LogP contribution in [0, 0.1) is 0 Å². The number of rotatable bonds is 7. The maximum atomic E-state index is 5.76. The predicted molar refractivity (Wildman–Crippen MR) is 104 cm³/mol. The van der Waals surface area contributed by atoms with Gasteiger partial charge in [-0.15, -0.1) is 17.5 Å². The van der Waals surface area contributed by atoms with E-state index in [4.69, 9.17) is 9.15 Å². The summed E-state index contributed by atoms with van der Waals surface area (Å²) in [7, 11) is 0. The van der Waals surface area contributed by atoms with Crippen molar-refractivity contribution in [3.05, 3.63) is 30.5 Å². The number of ether oxygens (including phenoxy) is 1. The lowest BCUT2D eigenvalue weighted by Gasteiger charge is -2.26.